The lowest BCUT2D eigenvalue weighted by molar-refractivity contribution is -0.137. The van der Waals surface area contributed by atoms with Crippen LogP contribution in [0, 0.1) is 0 Å². The second-order valence-electron chi connectivity index (χ2n) is 7.09. The molecule has 2 aromatic heterocycles. The number of rotatable bonds is 6. The number of pyridine rings is 2. The third kappa shape index (κ3) is 4.83. The summed E-state index contributed by atoms with van der Waals surface area (Å²) in [6.07, 6.45) is -0.900. The van der Waals surface area contributed by atoms with Gasteiger partial charge < -0.3 is 10.1 Å². The molecule has 4 aromatic rings. The van der Waals surface area contributed by atoms with Crippen molar-refractivity contribution in [3.05, 3.63) is 89.7 Å². The normalized spacial score (nSPS) is 11.6. The number of hydrogen-bond donors (Lipinski definition) is 1. The van der Waals surface area contributed by atoms with Crippen molar-refractivity contribution < 1.29 is 17.9 Å². The molecule has 0 radical (unpaired) electrons. The summed E-state index contributed by atoms with van der Waals surface area (Å²) < 4.78 is 43.5. The van der Waals surface area contributed by atoms with Crippen molar-refractivity contribution in [2.45, 2.75) is 19.3 Å². The van der Waals surface area contributed by atoms with Gasteiger partial charge in [-0.05, 0) is 53.6 Å². The highest BCUT2D eigenvalue weighted by atomic mass is 19.4. The lowest BCUT2D eigenvalue weighted by atomic mass is 10.0. The van der Waals surface area contributed by atoms with Crippen LogP contribution in [0.4, 0.5) is 13.2 Å². The molecule has 0 aliphatic carbocycles. The molecule has 0 fully saturated rings. The Bertz CT molecular complexity index is 1180. The predicted molar refractivity (Wildman–Crippen MR) is 114 cm³/mol. The SMILES string of the molecule is COc1ccc2cc(CNCc3ccc(C(F)(F)F)cc3)c(-c3ccncc3)nc2c1. The Hall–Kier alpha value is -3.45. The highest BCUT2D eigenvalue weighted by Crippen LogP contribution is 2.30. The summed E-state index contributed by atoms with van der Waals surface area (Å²) in [6, 6.07) is 16.8. The van der Waals surface area contributed by atoms with Crippen LogP contribution >= 0.6 is 0 Å². The van der Waals surface area contributed by atoms with Gasteiger partial charge in [-0.15, -0.1) is 0 Å². The standard InChI is InChI=1S/C24H20F3N3O/c1-31-21-7-4-18-12-19(23(30-22(18)13-21)17-8-10-28-11-9-17)15-29-14-16-2-5-20(6-3-16)24(25,26)27/h2-13,29H,14-15H2,1H3. The van der Waals surface area contributed by atoms with Crippen LogP contribution in [0.2, 0.25) is 0 Å². The van der Waals surface area contributed by atoms with E-state index in [0.717, 1.165) is 51.2 Å². The number of methoxy groups -OCH3 is 1. The van der Waals surface area contributed by atoms with Gasteiger partial charge in [-0.2, -0.15) is 13.2 Å². The average Bonchev–Trinajstić information content (AvgIpc) is 2.78. The molecule has 0 atom stereocenters. The second-order valence-corrected chi connectivity index (χ2v) is 7.09. The maximum Gasteiger partial charge on any atom is 0.416 e. The van der Waals surface area contributed by atoms with Gasteiger partial charge in [0.1, 0.15) is 5.75 Å². The van der Waals surface area contributed by atoms with Gasteiger partial charge in [0.2, 0.25) is 0 Å². The third-order valence-corrected chi connectivity index (χ3v) is 4.98. The average molecular weight is 423 g/mol. The molecule has 0 amide bonds. The molecule has 0 unspecified atom stereocenters. The van der Waals surface area contributed by atoms with Crippen molar-refractivity contribution in [1.29, 1.82) is 0 Å². The maximum atomic E-state index is 12.7. The fourth-order valence-corrected chi connectivity index (χ4v) is 3.37. The van der Waals surface area contributed by atoms with Crippen LogP contribution < -0.4 is 10.1 Å². The highest BCUT2D eigenvalue weighted by molar-refractivity contribution is 5.84. The number of halogens is 3. The molecule has 4 nitrogen and oxygen atoms in total. The zero-order valence-corrected chi connectivity index (χ0v) is 16.8. The Morgan fingerprint density at radius 2 is 1.65 bits per heavy atom. The minimum absolute atomic E-state index is 0.439. The monoisotopic (exact) mass is 423 g/mol. The van der Waals surface area contributed by atoms with Gasteiger partial charge >= 0.3 is 6.18 Å². The van der Waals surface area contributed by atoms with E-state index in [0.29, 0.717) is 13.1 Å². The van der Waals surface area contributed by atoms with Crippen LogP contribution in [0.3, 0.4) is 0 Å². The molecule has 7 heteroatoms. The van der Waals surface area contributed by atoms with Crippen molar-refractivity contribution in [1.82, 2.24) is 15.3 Å². The summed E-state index contributed by atoms with van der Waals surface area (Å²) in [5.41, 5.74) is 3.69. The summed E-state index contributed by atoms with van der Waals surface area (Å²) in [7, 11) is 1.62. The van der Waals surface area contributed by atoms with Gasteiger partial charge in [-0.3, -0.25) is 4.98 Å². The van der Waals surface area contributed by atoms with Gasteiger partial charge in [-0.25, -0.2) is 4.98 Å². The van der Waals surface area contributed by atoms with Crippen molar-refractivity contribution >= 4 is 10.9 Å². The summed E-state index contributed by atoms with van der Waals surface area (Å²) in [5.74, 6) is 0.730. The number of nitrogens with zero attached hydrogens (tertiary/aromatic N) is 2. The van der Waals surface area contributed by atoms with Crippen LogP contribution in [-0.4, -0.2) is 17.1 Å². The zero-order valence-electron chi connectivity index (χ0n) is 16.8. The lowest BCUT2D eigenvalue weighted by Gasteiger charge is -2.13. The molecule has 0 bridgehead atoms. The largest absolute Gasteiger partial charge is 0.497 e. The predicted octanol–water partition coefficient (Wildman–Crippen LogP) is 5.61. The van der Waals surface area contributed by atoms with Crippen molar-refractivity contribution in [2.75, 3.05) is 7.11 Å². The van der Waals surface area contributed by atoms with Crippen molar-refractivity contribution in [3.63, 3.8) is 0 Å². The number of benzene rings is 2. The summed E-state index contributed by atoms with van der Waals surface area (Å²) in [6.45, 7) is 0.947. The summed E-state index contributed by atoms with van der Waals surface area (Å²) >= 11 is 0. The van der Waals surface area contributed by atoms with E-state index in [9.17, 15) is 13.2 Å². The number of nitrogens with one attached hydrogen (secondary N) is 1. The van der Waals surface area contributed by atoms with E-state index in [4.69, 9.17) is 9.72 Å². The van der Waals surface area contributed by atoms with Crippen LogP contribution in [0.1, 0.15) is 16.7 Å². The topological polar surface area (TPSA) is 47.0 Å². The fraction of sp³-hybridized carbons (Fsp3) is 0.167. The molecular weight excluding hydrogens is 403 g/mol. The lowest BCUT2D eigenvalue weighted by Crippen LogP contribution is -2.14. The van der Waals surface area contributed by atoms with Crippen LogP contribution in [0.15, 0.2) is 73.1 Å². The number of hydrogen-bond acceptors (Lipinski definition) is 4. The van der Waals surface area contributed by atoms with E-state index >= 15 is 0 Å². The molecule has 4 rings (SSSR count). The smallest absolute Gasteiger partial charge is 0.416 e. The molecule has 0 aliphatic heterocycles. The van der Waals surface area contributed by atoms with E-state index in [1.807, 2.05) is 30.3 Å². The zero-order chi connectivity index (χ0) is 21.8. The first-order valence-electron chi connectivity index (χ1n) is 9.69. The van der Waals surface area contributed by atoms with Gasteiger partial charge in [0.05, 0.1) is 23.9 Å². The van der Waals surface area contributed by atoms with Crippen LogP contribution in [-0.2, 0) is 19.3 Å². The first-order chi connectivity index (χ1) is 14.9. The number of ether oxygens (including phenoxy) is 1. The molecule has 2 heterocycles. The van der Waals surface area contributed by atoms with E-state index < -0.39 is 11.7 Å². The van der Waals surface area contributed by atoms with Crippen LogP contribution in [0.5, 0.6) is 5.75 Å². The Kier molecular flexibility index (Phi) is 5.86. The van der Waals surface area contributed by atoms with E-state index in [-0.39, 0.29) is 0 Å². The van der Waals surface area contributed by atoms with Gasteiger partial charge in [0, 0.05) is 42.5 Å². The molecule has 2 aromatic carbocycles. The molecule has 0 aliphatic rings. The minimum Gasteiger partial charge on any atom is -0.497 e. The third-order valence-electron chi connectivity index (χ3n) is 4.98. The van der Waals surface area contributed by atoms with Gasteiger partial charge in [-0.1, -0.05) is 12.1 Å². The highest BCUT2D eigenvalue weighted by Gasteiger charge is 2.29. The molecular formula is C24H20F3N3O. The van der Waals surface area contributed by atoms with Gasteiger partial charge in [0.15, 0.2) is 0 Å². The summed E-state index contributed by atoms with van der Waals surface area (Å²) in [5, 5.41) is 4.29. The second kappa shape index (κ2) is 8.73. The molecule has 0 saturated heterocycles. The van der Waals surface area contributed by atoms with E-state index in [1.165, 1.54) is 12.1 Å². The molecule has 158 valence electrons. The van der Waals surface area contributed by atoms with Crippen molar-refractivity contribution in [2.24, 2.45) is 0 Å². The fourth-order valence-electron chi connectivity index (χ4n) is 3.37. The number of aromatic nitrogens is 2. The first-order valence-corrected chi connectivity index (χ1v) is 9.69. The van der Waals surface area contributed by atoms with E-state index in [1.54, 1.807) is 19.5 Å². The van der Waals surface area contributed by atoms with Gasteiger partial charge in [0.25, 0.3) is 0 Å². The number of alkyl halides is 3. The van der Waals surface area contributed by atoms with Crippen LogP contribution in [0.25, 0.3) is 22.2 Å². The maximum absolute atomic E-state index is 12.7. The first kappa shape index (κ1) is 20.8. The Balaban J connectivity index is 1.58. The molecule has 0 spiro atoms. The quantitative estimate of drug-likeness (QED) is 0.438. The molecule has 31 heavy (non-hydrogen) atoms. The minimum atomic E-state index is -4.33. The van der Waals surface area contributed by atoms with Crippen molar-refractivity contribution in [3.8, 4) is 17.0 Å². The Morgan fingerprint density at radius 1 is 0.903 bits per heavy atom. The Labute approximate surface area is 177 Å². The molecule has 1 N–H and O–H groups in total. The Morgan fingerprint density at radius 3 is 2.32 bits per heavy atom. The van der Waals surface area contributed by atoms with E-state index in [2.05, 4.69) is 16.4 Å². The molecule has 0 saturated carbocycles. The number of fused-ring (bicyclic) bond motifs is 1. The summed E-state index contributed by atoms with van der Waals surface area (Å²) in [4.78, 5) is 8.92.